The second-order valence-electron chi connectivity index (χ2n) is 4.92. The van der Waals surface area contributed by atoms with E-state index in [-0.39, 0.29) is 0 Å². The first-order valence-electron chi connectivity index (χ1n) is 6.03. The van der Waals surface area contributed by atoms with Crippen LogP contribution in [0.2, 0.25) is 5.02 Å². The molecule has 4 heteroatoms. The monoisotopic (exact) mass is 253 g/mol. The number of hydrogen-bond acceptors (Lipinski definition) is 3. The number of nitrogens with zero attached hydrogens (tertiary/aromatic N) is 2. The summed E-state index contributed by atoms with van der Waals surface area (Å²) in [4.78, 5) is 4.86. The molecule has 1 saturated heterocycles. The number of likely N-dealkylation sites (N-methyl/N-ethyl adjacent to an activating group) is 1. The highest BCUT2D eigenvalue weighted by Crippen LogP contribution is 2.21. The van der Waals surface area contributed by atoms with Gasteiger partial charge in [-0.25, -0.2) is 0 Å². The number of rotatable bonds is 2. The van der Waals surface area contributed by atoms with Crippen LogP contribution in [0.25, 0.3) is 0 Å². The highest BCUT2D eigenvalue weighted by molar-refractivity contribution is 6.33. The van der Waals surface area contributed by atoms with E-state index in [0.717, 1.165) is 26.2 Å². The lowest BCUT2D eigenvalue weighted by atomic mass is 10.1. The van der Waals surface area contributed by atoms with Gasteiger partial charge in [0.05, 0.1) is 10.7 Å². The molecular formula is C13H20ClN3. The minimum Gasteiger partial charge on any atom is -0.398 e. The van der Waals surface area contributed by atoms with Crippen LogP contribution >= 0.6 is 11.6 Å². The molecule has 1 aliphatic heterocycles. The predicted octanol–water partition coefficient (Wildman–Crippen LogP) is 2.06. The Morgan fingerprint density at radius 1 is 1.41 bits per heavy atom. The van der Waals surface area contributed by atoms with Gasteiger partial charge in [-0.1, -0.05) is 17.7 Å². The molecule has 17 heavy (non-hydrogen) atoms. The van der Waals surface area contributed by atoms with Crippen molar-refractivity contribution in [3.05, 3.63) is 28.8 Å². The lowest BCUT2D eigenvalue weighted by molar-refractivity contribution is 0.1000. The smallest absolute Gasteiger partial charge is 0.0635 e. The van der Waals surface area contributed by atoms with Crippen molar-refractivity contribution in [2.24, 2.45) is 0 Å². The fourth-order valence-corrected chi connectivity index (χ4v) is 2.33. The van der Waals surface area contributed by atoms with Gasteiger partial charge in [0.15, 0.2) is 0 Å². The Morgan fingerprint density at radius 3 is 2.82 bits per heavy atom. The molecule has 1 aliphatic rings. The molecule has 1 aromatic rings. The summed E-state index contributed by atoms with van der Waals surface area (Å²) in [5.41, 5.74) is 7.73. The third-order valence-electron chi connectivity index (χ3n) is 3.51. The maximum Gasteiger partial charge on any atom is 0.0635 e. The van der Waals surface area contributed by atoms with E-state index in [9.17, 15) is 0 Å². The minimum atomic E-state index is 0.619. The largest absolute Gasteiger partial charge is 0.398 e. The predicted molar refractivity (Wildman–Crippen MR) is 73.2 cm³/mol. The van der Waals surface area contributed by atoms with Gasteiger partial charge >= 0.3 is 0 Å². The minimum absolute atomic E-state index is 0.619. The summed E-state index contributed by atoms with van der Waals surface area (Å²) in [6, 6.07) is 6.53. The Kier molecular flexibility index (Phi) is 3.92. The van der Waals surface area contributed by atoms with Crippen LogP contribution < -0.4 is 5.73 Å². The molecular weight excluding hydrogens is 234 g/mol. The summed E-state index contributed by atoms with van der Waals surface area (Å²) < 4.78 is 0. The standard InChI is InChI=1S/C13H20ClN3/c1-10-8-17(6-5-16(10)2)9-11-3-4-12(14)13(15)7-11/h3-4,7,10H,5-6,8-9,15H2,1-2H3. The summed E-state index contributed by atoms with van der Waals surface area (Å²) in [6.07, 6.45) is 0. The van der Waals surface area contributed by atoms with Crippen molar-refractivity contribution in [2.75, 3.05) is 32.4 Å². The van der Waals surface area contributed by atoms with E-state index < -0.39 is 0 Å². The van der Waals surface area contributed by atoms with Gasteiger partial charge in [-0.15, -0.1) is 0 Å². The Morgan fingerprint density at radius 2 is 2.18 bits per heavy atom. The molecule has 0 radical (unpaired) electrons. The van der Waals surface area contributed by atoms with E-state index in [1.54, 1.807) is 0 Å². The van der Waals surface area contributed by atoms with Crippen molar-refractivity contribution in [1.29, 1.82) is 0 Å². The fourth-order valence-electron chi connectivity index (χ4n) is 2.22. The first-order chi connectivity index (χ1) is 8.06. The van der Waals surface area contributed by atoms with Crippen LogP contribution in [0, 0.1) is 0 Å². The summed E-state index contributed by atoms with van der Waals surface area (Å²) in [6.45, 7) is 6.58. The number of nitrogen functional groups attached to an aromatic ring is 1. The molecule has 0 spiro atoms. The molecule has 1 unspecified atom stereocenters. The molecule has 1 atom stereocenters. The summed E-state index contributed by atoms with van der Waals surface area (Å²) in [5.74, 6) is 0. The summed E-state index contributed by atoms with van der Waals surface area (Å²) >= 11 is 5.92. The van der Waals surface area contributed by atoms with Gasteiger partial charge in [-0.3, -0.25) is 4.90 Å². The average Bonchev–Trinajstić information content (AvgIpc) is 2.29. The molecule has 1 aromatic carbocycles. The number of anilines is 1. The van der Waals surface area contributed by atoms with Crippen LogP contribution in [-0.2, 0) is 6.54 Å². The molecule has 0 amide bonds. The highest BCUT2D eigenvalue weighted by atomic mass is 35.5. The molecule has 1 fully saturated rings. The quantitative estimate of drug-likeness (QED) is 0.819. The summed E-state index contributed by atoms with van der Waals surface area (Å²) in [7, 11) is 2.18. The van der Waals surface area contributed by atoms with E-state index in [1.807, 2.05) is 12.1 Å². The van der Waals surface area contributed by atoms with Crippen LogP contribution in [0.3, 0.4) is 0 Å². The van der Waals surface area contributed by atoms with Crippen molar-refractivity contribution in [2.45, 2.75) is 19.5 Å². The topological polar surface area (TPSA) is 32.5 Å². The van der Waals surface area contributed by atoms with Crippen LogP contribution in [0.15, 0.2) is 18.2 Å². The second-order valence-corrected chi connectivity index (χ2v) is 5.33. The van der Waals surface area contributed by atoms with Crippen molar-refractivity contribution >= 4 is 17.3 Å². The zero-order chi connectivity index (χ0) is 12.4. The number of benzene rings is 1. The molecule has 1 heterocycles. The number of piperazine rings is 1. The maximum atomic E-state index is 5.92. The lowest BCUT2D eigenvalue weighted by Gasteiger charge is -2.37. The van der Waals surface area contributed by atoms with Gasteiger partial charge in [0.25, 0.3) is 0 Å². The van der Waals surface area contributed by atoms with Gasteiger partial charge in [-0.2, -0.15) is 0 Å². The Bertz CT molecular complexity index is 394. The average molecular weight is 254 g/mol. The van der Waals surface area contributed by atoms with Crippen molar-refractivity contribution in [3.8, 4) is 0 Å². The summed E-state index contributed by atoms with van der Waals surface area (Å²) in [5, 5.41) is 0.639. The fraction of sp³-hybridized carbons (Fsp3) is 0.538. The van der Waals surface area contributed by atoms with Crippen LogP contribution in [-0.4, -0.2) is 42.5 Å². The van der Waals surface area contributed by atoms with E-state index >= 15 is 0 Å². The van der Waals surface area contributed by atoms with Crippen LogP contribution in [0.4, 0.5) is 5.69 Å². The Balaban J connectivity index is 1.99. The van der Waals surface area contributed by atoms with Crippen molar-refractivity contribution in [3.63, 3.8) is 0 Å². The normalized spacial score (nSPS) is 22.9. The number of nitrogens with two attached hydrogens (primary N) is 1. The zero-order valence-corrected chi connectivity index (χ0v) is 11.2. The van der Waals surface area contributed by atoms with Crippen molar-refractivity contribution < 1.29 is 0 Å². The molecule has 0 aliphatic carbocycles. The van der Waals surface area contributed by atoms with E-state index in [0.29, 0.717) is 16.8 Å². The van der Waals surface area contributed by atoms with E-state index in [4.69, 9.17) is 17.3 Å². The van der Waals surface area contributed by atoms with Gasteiger partial charge < -0.3 is 10.6 Å². The Labute approximate surface area is 108 Å². The highest BCUT2D eigenvalue weighted by Gasteiger charge is 2.20. The molecule has 0 aromatic heterocycles. The van der Waals surface area contributed by atoms with E-state index in [1.165, 1.54) is 5.56 Å². The number of halogens is 1. The van der Waals surface area contributed by atoms with Gasteiger partial charge in [0.1, 0.15) is 0 Å². The molecule has 94 valence electrons. The molecule has 2 rings (SSSR count). The van der Waals surface area contributed by atoms with Crippen molar-refractivity contribution in [1.82, 2.24) is 9.80 Å². The maximum absolute atomic E-state index is 5.92. The SMILES string of the molecule is CC1CN(Cc2ccc(Cl)c(N)c2)CCN1C. The Hall–Kier alpha value is -0.770. The van der Waals surface area contributed by atoms with Crippen LogP contribution in [0.5, 0.6) is 0 Å². The third-order valence-corrected chi connectivity index (χ3v) is 3.85. The molecule has 3 nitrogen and oxygen atoms in total. The number of hydrogen-bond donors (Lipinski definition) is 1. The molecule has 0 saturated carbocycles. The first-order valence-corrected chi connectivity index (χ1v) is 6.40. The molecule has 2 N–H and O–H groups in total. The molecule has 0 bridgehead atoms. The lowest BCUT2D eigenvalue weighted by Crippen LogP contribution is -2.49. The third kappa shape index (κ3) is 3.12. The van der Waals surface area contributed by atoms with Crippen LogP contribution in [0.1, 0.15) is 12.5 Å². The second kappa shape index (κ2) is 5.25. The van der Waals surface area contributed by atoms with E-state index in [2.05, 4.69) is 29.8 Å². The van der Waals surface area contributed by atoms with Gasteiger partial charge in [0.2, 0.25) is 0 Å². The zero-order valence-electron chi connectivity index (χ0n) is 10.5. The van der Waals surface area contributed by atoms with Gasteiger partial charge in [0, 0.05) is 32.2 Å². The van der Waals surface area contributed by atoms with Gasteiger partial charge in [-0.05, 0) is 31.7 Å². The first kappa shape index (κ1) is 12.7.